The fraction of sp³-hybridized carbons (Fsp3) is 0.286. The van der Waals surface area contributed by atoms with Crippen LogP contribution in [0.3, 0.4) is 0 Å². The van der Waals surface area contributed by atoms with Gasteiger partial charge < -0.3 is 5.32 Å². The zero-order valence-corrected chi connectivity index (χ0v) is 10.7. The Balaban J connectivity index is 1.93. The molecule has 0 aliphatic heterocycles. The maximum absolute atomic E-state index is 5.97. The van der Waals surface area contributed by atoms with Gasteiger partial charge in [-0.1, -0.05) is 23.8 Å². The summed E-state index contributed by atoms with van der Waals surface area (Å²) >= 11 is 5.97. The summed E-state index contributed by atoms with van der Waals surface area (Å²) in [7, 11) is 0. The minimum Gasteiger partial charge on any atom is -0.366 e. The van der Waals surface area contributed by atoms with E-state index in [4.69, 9.17) is 11.6 Å². The second-order valence-corrected chi connectivity index (χ2v) is 4.95. The van der Waals surface area contributed by atoms with Gasteiger partial charge in [-0.15, -0.1) is 0 Å². The van der Waals surface area contributed by atoms with Crippen LogP contribution < -0.4 is 5.32 Å². The van der Waals surface area contributed by atoms with Gasteiger partial charge in [0.15, 0.2) is 0 Å². The van der Waals surface area contributed by atoms with E-state index in [0.717, 1.165) is 36.0 Å². The van der Waals surface area contributed by atoms with Crippen LogP contribution in [0.4, 0.5) is 5.82 Å². The molecule has 1 N–H and O–H groups in total. The van der Waals surface area contributed by atoms with Crippen LogP contribution in [0, 0.1) is 0 Å². The highest BCUT2D eigenvalue weighted by Crippen LogP contribution is 2.24. The standard InChI is InChI=1S/C14H14ClN3/c15-10-6-7-12-13(8-10)16-9-17-14(12)18-11-4-2-1-3-5-11/h1-2,6-9,11H,3-5H2,(H,16,17,18). The minimum absolute atomic E-state index is 0.462. The molecule has 0 spiro atoms. The second kappa shape index (κ2) is 4.94. The fourth-order valence-electron chi connectivity index (χ4n) is 2.26. The van der Waals surface area contributed by atoms with Crippen molar-refractivity contribution in [1.82, 2.24) is 9.97 Å². The van der Waals surface area contributed by atoms with E-state index >= 15 is 0 Å². The lowest BCUT2D eigenvalue weighted by Crippen LogP contribution is -2.21. The van der Waals surface area contributed by atoms with Gasteiger partial charge in [-0.25, -0.2) is 9.97 Å². The van der Waals surface area contributed by atoms with Gasteiger partial charge >= 0.3 is 0 Å². The molecule has 0 radical (unpaired) electrons. The number of halogens is 1. The van der Waals surface area contributed by atoms with Gasteiger partial charge in [0.1, 0.15) is 12.1 Å². The number of fused-ring (bicyclic) bond motifs is 1. The molecule has 1 heterocycles. The maximum Gasteiger partial charge on any atom is 0.137 e. The van der Waals surface area contributed by atoms with Gasteiger partial charge in [-0.05, 0) is 37.5 Å². The number of benzene rings is 1. The number of hydrogen-bond acceptors (Lipinski definition) is 3. The van der Waals surface area contributed by atoms with E-state index in [0.29, 0.717) is 11.1 Å². The molecule has 3 nitrogen and oxygen atoms in total. The van der Waals surface area contributed by atoms with Gasteiger partial charge in [-0.2, -0.15) is 0 Å². The molecule has 0 saturated carbocycles. The summed E-state index contributed by atoms with van der Waals surface area (Å²) in [5.41, 5.74) is 0.881. The smallest absolute Gasteiger partial charge is 0.137 e. The lowest BCUT2D eigenvalue weighted by Gasteiger charge is -2.20. The summed E-state index contributed by atoms with van der Waals surface area (Å²) in [6, 6.07) is 6.17. The highest BCUT2D eigenvalue weighted by Gasteiger charge is 2.12. The Kier molecular flexibility index (Phi) is 3.15. The Labute approximate surface area is 111 Å². The molecule has 1 atom stereocenters. The summed E-state index contributed by atoms with van der Waals surface area (Å²) in [5, 5.41) is 5.22. The summed E-state index contributed by atoms with van der Waals surface area (Å²) in [6.07, 6.45) is 9.37. The number of aromatic nitrogens is 2. The number of nitrogens with zero attached hydrogens (tertiary/aromatic N) is 2. The number of rotatable bonds is 2. The van der Waals surface area contributed by atoms with Crippen molar-refractivity contribution in [2.75, 3.05) is 5.32 Å². The van der Waals surface area contributed by atoms with Crippen LogP contribution in [0.25, 0.3) is 10.9 Å². The van der Waals surface area contributed by atoms with Gasteiger partial charge in [0, 0.05) is 16.5 Å². The largest absolute Gasteiger partial charge is 0.366 e. The molecule has 3 rings (SSSR count). The number of allylic oxidation sites excluding steroid dienone is 1. The highest BCUT2D eigenvalue weighted by molar-refractivity contribution is 6.31. The second-order valence-electron chi connectivity index (χ2n) is 4.51. The quantitative estimate of drug-likeness (QED) is 0.834. The molecular weight excluding hydrogens is 246 g/mol. The van der Waals surface area contributed by atoms with Crippen LogP contribution in [-0.4, -0.2) is 16.0 Å². The zero-order chi connectivity index (χ0) is 12.4. The van der Waals surface area contributed by atoms with Crippen molar-refractivity contribution in [3.63, 3.8) is 0 Å². The molecule has 92 valence electrons. The maximum atomic E-state index is 5.97. The first kappa shape index (κ1) is 11.5. The molecule has 4 heteroatoms. The molecular formula is C14H14ClN3. The average Bonchev–Trinajstić information content (AvgIpc) is 2.40. The van der Waals surface area contributed by atoms with Crippen molar-refractivity contribution in [3.8, 4) is 0 Å². The molecule has 2 aromatic rings. The van der Waals surface area contributed by atoms with Crippen LogP contribution in [0.5, 0.6) is 0 Å². The van der Waals surface area contributed by atoms with E-state index in [1.165, 1.54) is 0 Å². The van der Waals surface area contributed by atoms with E-state index in [9.17, 15) is 0 Å². The Morgan fingerprint density at radius 1 is 1.22 bits per heavy atom. The van der Waals surface area contributed by atoms with Crippen molar-refractivity contribution in [2.24, 2.45) is 0 Å². The third kappa shape index (κ3) is 2.31. The topological polar surface area (TPSA) is 37.8 Å². The van der Waals surface area contributed by atoms with Crippen LogP contribution >= 0.6 is 11.6 Å². The molecule has 0 saturated heterocycles. The van der Waals surface area contributed by atoms with Crippen molar-refractivity contribution in [2.45, 2.75) is 25.3 Å². The minimum atomic E-state index is 0.462. The monoisotopic (exact) mass is 259 g/mol. The summed E-state index contributed by atoms with van der Waals surface area (Å²) < 4.78 is 0. The van der Waals surface area contributed by atoms with Crippen molar-refractivity contribution in [3.05, 3.63) is 41.7 Å². The SMILES string of the molecule is Clc1ccc2c(NC3CC=CCC3)ncnc2c1. The molecule has 0 fully saturated rings. The third-order valence-electron chi connectivity index (χ3n) is 3.21. The molecule has 0 bridgehead atoms. The molecule has 1 unspecified atom stereocenters. The highest BCUT2D eigenvalue weighted by atomic mass is 35.5. The first-order valence-corrected chi connectivity index (χ1v) is 6.52. The number of hydrogen-bond donors (Lipinski definition) is 1. The average molecular weight is 260 g/mol. The molecule has 1 aliphatic rings. The Morgan fingerprint density at radius 2 is 2.17 bits per heavy atom. The van der Waals surface area contributed by atoms with Crippen LogP contribution in [0.15, 0.2) is 36.7 Å². The number of nitrogens with one attached hydrogen (secondary N) is 1. The molecule has 1 aliphatic carbocycles. The molecule has 1 aromatic carbocycles. The Morgan fingerprint density at radius 3 is 3.00 bits per heavy atom. The first-order chi connectivity index (χ1) is 8.83. The molecule has 0 amide bonds. The van der Waals surface area contributed by atoms with Gasteiger partial charge in [0.2, 0.25) is 0 Å². The summed E-state index contributed by atoms with van der Waals surface area (Å²) in [4.78, 5) is 8.59. The molecule has 18 heavy (non-hydrogen) atoms. The van der Waals surface area contributed by atoms with Crippen molar-refractivity contribution >= 4 is 28.3 Å². The van der Waals surface area contributed by atoms with Crippen LogP contribution in [0.1, 0.15) is 19.3 Å². The van der Waals surface area contributed by atoms with E-state index in [2.05, 4.69) is 27.4 Å². The summed E-state index contributed by atoms with van der Waals surface area (Å²) in [6.45, 7) is 0. The van der Waals surface area contributed by atoms with E-state index in [1.807, 2.05) is 18.2 Å². The normalized spacial score (nSPS) is 19.1. The zero-order valence-electron chi connectivity index (χ0n) is 9.94. The Bertz CT molecular complexity index is 595. The lowest BCUT2D eigenvalue weighted by atomic mass is 10.0. The number of anilines is 1. The van der Waals surface area contributed by atoms with E-state index in [-0.39, 0.29) is 0 Å². The van der Waals surface area contributed by atoms with Crippen LogP contribution in [0.2, 0.25) is 5.02 Å². The summed E-state index contributed by atoms with van der Waals surface area (Å²) in [5.74, 6) is 0.900. The van der Waals surface area contributed by atoms with Gasteiger partial charge in [0.05, 0.1) is 5.52 Å². The predicted molar refractivity (Wildman–Crippen MR) is 74.9 cm³/mol. The van der Waals surface area contributed by atoms with E-state index in [1.54, 1.807) is 6.33 Å². The van der Waals surface area contributed by atoms with Gasteiger partial charge in [-0.3, -0.25) is 0 Å². The third-order valence-corrected chi connectivity index (χ3v) is 3.44. The molecule has 1 aromatic heterocycles. The van der Waals surface area contributed by atoms with Crippen molar-refractivity contribution < 1.29 is 0 Å². The van der Waals surface area contributed by atoms with Gasteiger partial charge in [0.25, 0.3) is 0 Å². The van der Waals surface area contributed by atoms with Crippen molar-refractivity contribution in [1.29, 1.82) is 0 Å². The lowest BCUT2D eigenvalue weighted by molar-refractivity contribution is 0.643. The van der Waals surface area contributed by atoms with E-state index < -0.39 is 0 Å². The first-order valence-electron chi connectivity index (χ1n) is 6.15. The predicted octanol–water partition coefficient (Wildman–Crippen LogP) is 3.80. The fourth-order valence-corrected chi connectivity index (χ4v) is 2.43. The Hall–Kier alpha value is -1.61. The van der Waals surface area contributed by atoms with Crippen LogP contribution in [-0.2, 0) is 0 Å².